The van der Waals surface area contributed by atoms with E-state index in [1.807, 2.05) is 12.1 Å². The molecule has 2 rings (SSSR count). The molecule has 0 spiro atoms. The van der Waals surface area contributed by atoms with Crippen LogP contribution in [0.25, 0.3) is 0 Å². The van der Waals surface area contributed by atoms with E-state index in [0.717, 1.165) is 5.92 Å². The quantitative estimate of drug-likeness (QED) is 0.725. The van der Waals surface area contributed by atoms with E-state index in [2.05, 4.69) is 19.1 Å². The van der Waals surface area contributed by atoms with Gasteiger partial charge >= 0.3 is 5.97 Å². The van der Waals surface area contributed by atoms with E-state index in [9.17, 15) is 4.79 Å². The van der Waals surface area contributed by atoms with Crippen LogP contribution >= 0.6 is 0 Å². The lowest BCUT2D eigenvalue weighted by Crippen LogP contribution is -2.12. The van der Waals surface area contributed by atoms with Gasteiger partial charge in [0.15, 0.2) is 0 Å². The molecule has 1 aromatic rings. The second-order valence-corrected chi connectivity index (χ2v) is 5.08. The Hall–Kier alpha value is -1.31. The first-order chi connectivity index (χ1) is 8.20. The topological polar surface area (TPSA) is 26.3 Å². The Morgan fingerprint density at radius 3 is 2.53 bits per heavy atom. The third-order valence-corrected chi connectivity index (χ3v) is 3.74. The molecule has 1 aliphatic rings. The van der Waals surface area contributed by atoms with Crippen molar-refractivity contribution in [2.24, 2.45) is 5.92 Å². The highest BCUT2D eigenvalue weighted by molar-refractivity contribution is 5.89. The maximum Gasteiger partial charge on any atom is 0.337 e. The van der Waals surface area contributed by atoms with E-state index >= 15 is 0 Å². The fraction of sp³-hybridized carbons (Fsp3) is 0.533. The van der Waals surface area contributed by atoms with Crippen LogP contribution in [0.4, 0.5) is 0 Å². The largest absolute Gasteiger partial charge is 0.465 e. The van der Waals surface area contributed by atoms with Crippen LogP contribution in [0.5, 0.6) is 0 Å². The first-order valence-electron chi connectivity index (χ1n) is 6.39. The minimum atomic E-state index is -0.256. The van der Waals surface area contributed by atoms with Crippen LogP contribution in [0, 0.1) is 5.92 Å². The highest BCUT2D eigenvalue weighted by Gasteiger charge is 2.20. The number of hydrogen-bond donors (Lipinski definition) is 0. The number of rotatable bonds is 2. The second-order valence-electron chi connectivity index (χ2n) is 5.08. The van der Waals surface area contributed by atoms with Gasteiger partial charge in [0.25, 0.3) is 0 Å². The van der Waals surface area contributed by atoms with Crippen LogP contribution in [-0.2, 0) is 4.74 Å². The summed E-state index contributed by atoms with van der Waals surface area (Å²) in [6, 6.07) is 7.91. The van der Waals surface area contributed by atoms with Gasteiger partial charge < -0.3 is 4.74 Å². The maximum absolute atomic E-state index is 11.3. The van der Waals surface area contributed by atoms with Crippen LogP contribution in [0.1, 0.15) is 54.4 Å². The van der Waals surface area contributed by atoms with Gasteiger partial charge in [-0.2, -0.15) is 0 Å². The molecule has 2 nitrogen and oxygen atoms in total. The van der Waals surface area contributed by atoms with Gasteiger partial charge in [-0.1, -0.05) is 31.9 Å². The molecule has 2 atom stereocenters. The molecule has 1 fully saturated rings. The number of ether oxygens (including phenoxy) is 1. The molecular formula is C15H20O2. The summed E-state index contributed by atoms with van der Waals surface area (Å²) in [5.74, 6) is 1.24. The molecule has 0 saturated heterocycles. The molecule has 1 aliphatic carbocycles. The van der Waals surface area contributed by atoms with Crippen molar-refractivity contribution in [3.63, 3.8) is 0 Å². The summed E-state index contributed by atoms with van der Waals surface area (Å²) in [7, 11) is 1.42. The molecular weight excluding hydrogens is 212 g/mol. The zero-order valence-corrected chi connectivity index (χ0v) is 10.6. The Kier molecular flexibility index (Phi) is 3.82. The van der Waals surface area contributed by atoms with Gasteiger partial charge in [0.1, 0.15) is 0 Å². The fourth-order valence-corrected chi connectivity index (χ4v) is 2.75. The SMILES string of the molecule is COC(=O)c1ccc([C@@H]2CCC[C@H](C)C2)cc1. The van der Waals surface area contributed by atoms with Gasteiger partial charge in [0.2, 0.25) is 0 Å². The van der Waals surface area contributed by atoms with Crippen LogP contribution in [0.2, 0.25) is 0 Å². The van der Waals surface area contributed by atoms with Crippen molar-refractivity contribution in [3.05, 3.63) is 35.4 Å². The van der Waals surface area contributed by atoms with E-state index in [1.54, 1.807) is 0 Å². The van der Waals surface area contributed by atoms with Gasteiger partial charge in [-0.25, -0.2) is 4.79 Å². The second kappa shape index (κ2) is 5.35. The number of carbonyl (C=O) groups excluding carboxylic acids is 1. The average molecular weight is 232 g/mol. The zero-order valence-electron chi connectivity index (χ0n) is 10.6. The lowest BCUT2D eigenvalue weighted by Gasteiger charge is -2.27. The van der Waals surface area contributed by atoms with Crippen LogP contribution in [-0.4, -0.2) is 13.1 Å². The van der Waals surface area contributed by atoms with E-state index in [0.29, 0.717) is 11.5 Å². The summed E-state index contributed by atoms with van der Waals surface area (Å²) in [6.45, 7) is 2.33. The third-order valence-electron chi connectivity index (χ3n) is 3.74. The van der Waals surface area contributed by atoms with E-state index in [-0.39, 0.29) is 5.97 Å². The Morgan fingerprint density at radius 1 is 1.24 bits per heavy atom. The smallest absolute Gasteiger partial charge is 0.337 e. The molecule has 0 radical (unpaired) electrons. The molecule has 0 amide bonds. The van der Waals surface area contributed by atoms with Crippen molar-refractivity contribution < 1.29 is 9.53 Å². The number of carbonyl (C=O) groups is 1. The van der Waals surface area contributed by atoms with E-state index in [1.165, 1.54) is 38.4 Å². The Labute approximate surface area is 103 Å². The van der Waals surface area contributed by atoms with Gasteiger partial charge in [-0.05, 0) is 42.4 Å². The van der Waals surface area contributed by atoms with Gasteiger partial charge in [0.05, 0.1) is 12.7 Å². The molecule has 1 aromatic carbocycles. The van der Waals surface area contributed by atoms with Crippen molar-refractivity contribution >= 4 is 5.97 Å². The molecule has 0 bridgehead atoms. The van der Waals surface area contributed by atoms with Crippen molar-refractivity contribution in [1.82, 2.24) is 0 Å². The summed E-state index contributed by atoms with van der Waals surface area (Å²) >= 11 is 0. The Balaban J connectivity index is 2.09. The molecule has 92 valence electrons. The van der Waals surface area contributed by atoms with E-state index < -0.39 is 0 Å². The van der Waals surface area contributed by atoms with Crippen LogP contribution in [0.3, 0.4) is 0 Å². The zero-order chi connectivity index (χ0) is 12.3. The van der Waals surface area contributed by atoms with Crippen LogP contribution < -0.4 is 0 Å². The summed E-state index contributed by atoms with van der Waals surface area (Å²) in [5, 5.41) is 0. The molecule has 0 unspecified atom stereocenters. The lowest BCUT2D eigenvalue weighted by atomic mass is 9.79. The number of benzene rings is 1. The maximum atomic E-state index is 11.3. The van der Waals surface area contributed by atoms with Crippen LogP contribution in [0.15, 0.2) is 24.3 Å². The highest BCUT2D eigenvalue weighted by atomic mass is 16.5. The highest BCUT2D eigenvalue weighted by Crippen LogP contribution is 2.35. The molecule has 0 heterocycles. The molecule has 0 aliphatic heterocycles. The first kappa shape index (κ1) is 12.2. The molecule has 1 saturated carbocycles. The molecule has 17 heavy (non-hydrogen) atoms. The molecule has 2 heteroatoms. The number of esters is 1. The third kappa shape index (κ3) is 2.87. The lowest BCUT2D eigenvalue weighted by molar-refractivity contribution is 0.0600. The summed E-state index contributed by atoms with van der Waals surface area (Å²) < 4.78 is 4.70. The summed E-state index contributed by atoms with van der Waals surface area (Å²) in [6.07, 6.45) is 5.24. The predicted octanol–water partition coefficient (Wildman–Crippen LogP) is 3.77. The first-order valence-corrected chi connectivity index (χ1v) is 6.39. The standard InChI is InChI=1S/C15H20O2/c1-11-4-3-5-14(10-11)12-6-8-13(9-7-12)15(16)17-2/h6-9,11,14H,3-5,10H2,1-2H3/t11-,14+/m0/s1. The van der Waals surface area contributed by atoms with Crippen molar-refractivity contribution in [2.45, 2.75) is 38.5 Å². The van der Waals surface area contributed by atoms with Gasteiger partial charge in [-0.3, -0.25) is 0 Å². The minimum absolute atomic E-state index is 0.256. The van der Waals surface area contributed by atoms with E-state index in [4.69, 9.17) is 4.74 Å². The van der Waals surface area contributed by atoms with Crippen molar-refractivity contribution in [3.8, 4) is 0 Å². The molecule has 0 N–H and O–H groups in total. The normalized spacial score (nSPS) is 24.4. The van der Waals surface area contributed by atoms with Crippen molar-refractivity contribution in [1.29, 1.82) is 0 Å². The predicted molar refractivity (Wildman–Crippen MR) is 68.2 cm³/mol. The fourth-order valence-electron chi connectivity index (χ4n) is 2.75. The van der Waals surface area contributed by atoms with Crippen molar-refractivity contribution in [2.75, 3.05) is 7.11 Å². The minimum Gasteiger partial charge on any atom is -0.465 e. The number of hydrogen-bond acceptors (Lipinski definition) is 2. The Morgan fingerprint density at radius 2 is 1.94 bits per heavy atom. The number of methoxy groups -OCH3 is 1. The molecule has 0 aromatic heterocycles. The van der Waals surface area contributed by atoms with Gasteiger partial charge in [0, 0.05) is 0 Å². The Bertz CT molecular complexity index is 380. The monoisotopic (exact) mass is 232 g/mol. The summed E-state index contributed by atoms with van der Waals surface area (Å²) in [5.41, 5.74) is 2.00. The van der Waals surface area contributed by atoms with Gasteiger partial charge in [-0.15, -0.1) is 0 Å². The average Bonchev–Trinajstić information content (AvgIpc) is 2.38. The summed E-state index contributed by atoms with van der Waals surface area (Å²) in [4.78, 5) is 11.3.